The minimum atomic E-state index is -0.790. The van der Waals surface area contributed by atoms with E-state index >= 15 is 0 Å². The Labute approximate surface area is 209 Å². The molecule has 0 unspecified atom stereocenters. The highest BCUT2D eigenvalue weighted by atomic mass is 32.1. The van der Waals surface area contributed by atoms with Crippen LogP contribution in [0.25, 0.3) is 0 Å². The molecule has 5 amide bonds. The molecule has 4 rings (SSSR count). The van der Waals surface area contributed by atoms with Crippen molar-refractivity contribution in [2.75, 3.05) is 26.2 Å². The molecular formula is C24H34N6O4S. The van der Waals surface area contributed by atoms with Gasteiger partial charge in [0.1, 0.15) is 11.6 Å². The van der Waals surface area contributed by atoms with Crippen molar-refractivity contribution in [3.05, 3.63) is 27.7 Å². The minimum absolute atomic E-state index is 0.0125. The normalized spacial score (nSPS) is 21.0. The second kappa shape index (κ2) is 12.1. The van der Waals surface area contributed by atoms with Gasteiger partial charge in [0, 0.05) is 37.5 Å². The minimum Gasteiger partial charge on any atom is -0.355 e. The summed E-state index contributed by atoms with van der Waals surface area (Å²) in [5.41, 5.74) is 6.38. The third-order valence-electron chi connectivity index (χ3n) is 6.89. The maximum Gasteiger partial charge on any atom is 0.317 e. The van der Waals surface area contributed by atoms with Gasteiger partial charge in [0.25, 0.3) is 11.8 Å². The summed E-state index contributed by atoms with van der Waals surface area (Å²) >= 11 is 1.41. The number of carbonyl (C=O) groups excluding carboxylic acids is 4. The summed E-state index contributed by atoms with van der Waals surface area (Å²) < 4.78 is 0. The molecule has 1 aliphatic carbocycles. The average Bonchev–Trinajstić information content (AvgIpc) is 3.38. The Morgan fingerprint density at radius 3 is 2.69 bits per heavy atom. The van der Waals surface area contributed by atoms with Crippen molar-refractivity contribution in [3.63, 3.8) is 0 Å². The molecule has 2 saturated heterocycles. The number of allylic oxidation sites excluding steroid dienone is 1. The standard InChI is InChI=1S/C24H34N6O4S/c31-20-18(7-4-11-25-20)21(32)28-29-22(33)19-15-35-23(27-19)17-9-13-30(14-10-17)24(34)26-12-8-16-5-2-1-3-6-16/h5,15,17-18H,1-4,6-14H2,(H,25,31)(H,26,34)(H,28,32)(H,29,33)/t18-/m0/s1. The number of hydrogen-bond donors (Lipinski definition) is 4. The van der Waals surface area contributed by atoms with Crippen LogP contribution in [-0.4, -0.2) is 59.8 Å². The Bertz CT molecular complexity index is 969. The molecule has 0 spiro atoms. The lowest BCUT2D eigenvalue weighted by Gasteiger charge is -2.31. The smallest absolute Gasteiger partial charge is 0.317 e. The molecule has 4 N–H and O–H groups in total. The fourth-order valence-electron chi connectivity index (χ4n) is 4.77. The van der Waals surface area contributed by atoms with Gasteiger partial charge in [-0.25, -0.2) is 9.78 Å². The van der Waals surface area contributed by atoms with E-state index in [1.54, 1.807) is 5.38 Å². The lowest BCUT2D eigenvalue weighted by Crippen LogP contribution is -2.50. The molecule has 35 heavy (non-hydrogen) atoms. The van der Waals surface area contributed by atoms with Crippen LogP contribution in [0.2, 0.25) is 0 Å². The number of likely N-dealkylation sites (tertiary alicyclic amines) is 1. The molecule has 2 fully saturated rings. The zero-order valence-corrected chi connectivity index (χ0v) is 20.8. The topological polar surface area (TPSA) is 133 Å². The molecular weight excluding hydrogens is 468 g/mol. The van der Waals surface area contributed by atoms with Crippen molar-refractivity contribution in [1.82, 2.24) is 31.4 Å². The van der Waals surface area contributed by atoms with Crippen molar-refractivity contribution >= 4 is 35.1 Å². The molecule has 0 radical (unpaired) electrons. The molecule has 3 heterocycles. The van der Waals surface area contributed by atoms with Crippen LogP contribution in [0.5, 0.6) is 0 Å². The highest BCUT2D eigenvalue weighted by Crippen LogP contribution is 2.30. The number of nitrogens with zero attached hydrogens (tertiary/aromatic N) is 2. The Morgan fingerprint density at radius 1 is 1.11 bits per heavy atom. The lowest BCUT2D eigenvalue weighted by atomic mass is 9.97. The Hall–Kier alpha value is -2.95. The highest BCUT2D eigenvalue weighted by Gasteiger charge is 2.30. The number of rotatable bonds is 6. The first kappa shape index (κ1) is 25.2. The van der Waals surface area contributed by atoms with Crippen molar-refractivity contribution in [3.8, 4) is 0 Å². The van der Waals surface area contributed by atoms with Gasteiger partial charge in [-0.2, -0.15) is 0 Å². The van der Waals surface area contributed by atoms with Crippen LogP contribution in [0, 0.1) is 5.92 Å². The monoisotopic (exact) mass is 502 g/mol. The van der Waals surface area contributed by atoms with Gasteiger partial charge in [-0.3, -0.25) is 25.2 Å². The van der Waals surface area contributed by atoms with Crippen LogP contribution in [0.15, 0.2) is 17.0 Å². The Balaban J connectivity index is 1.18. The van der Waals surface area contributed by atoms with E-state index in [-0.39, 0.29) is 23.6 Å². The summed E-state index contributed by atoms with van der Waals surface area (Å²) in [6, 6.07) is -0.0125. The maximum absolute atomic E-state index is 12.5. The predicted octanol–water partition coefficient (Wildman–Crippen LogP) is 2.21. The number of aromatic nitrogens is 1. The molecule has 1 aromatic heterocycles. The number of carbonyl (C=O) groups is 4. The first-order valence-corrected chi connectivity index (χ1v) is 13.4. The molecule has 1 aromatic rings. The van der Waals surface area contributed by atoms with Crippen LogP contribution < -0.4 is 21.5 Å². The van der Waals surface area contributed by atoms with Crippen LogP contribution in [-0.2, 0) is 9.59 Å². The van der Waals surface area contributed by atoms with Gasteiger partial charge < -0.3 is 15.5 Å². The summed E-state index contributed by atoms with van der Waals surface area (Å²) in [6.45, 7) is 2.55. The number of piperidine rings is 2. The first-order valence-electron chi connectivity index (χ1n) is 12.6. The van der Waals surface area contributed by atoms with E-state index in [9.17, 15) is 19.2 Å². The summed E-state index contributed by atoms with van der Waals surface area (Å²) in [5.74, 6) is -1.95. The molecule has 0 bridgehead atoms. The van der Waals surface area contributed by atoms with Crippen molar-refractivity contribution in [2.24, 2.45) is 5.92 Å². The first-order chi connectivity index (χ1) is 17.0. The van der Waals surface area contributed by atoms with Crippen LogP contribution in [0.3, 0.4) is 0 Å². The van der Waals surface area contributed by atoms with Gasteiger partial charge in [0.05, 0.1) is 5.01 Å². The van der Waals surface area contributed by atoms with E-state index in [2.05, 4.69) is 32.5 Å². The third kappa shape index (κ3) is 6.81. The Kier molecular flexibility index (Phi) is 8.73. The van der Waals surface area contributed by atoms with E-state index in [4.69, 9.17) is 0 Å². The molecule has 0 saturated carbocycles. The largest absolute Gasteiger partial charge is 0.355 e. The van der Waals surface area contributed by atoms with Gasteiger partial charge in [-0.1, -0.05) is 11.6 Å². The number of thiazole rings is 1. The fraction of sp³-hybridized carbons (Fsp3) is 0.625. The number of amides is 5. The fourth-order valence-corrected chi connectivity index (χ4v) is 5.75. The molecule has 0 aromatic carbocycles. The predicted molar refractivity (Wildman–Crippen MR) is 132 cm³/mol. The second-order valence-electron chi connectivity index (χ2n) is 9.35. The van der Waals surface area contributed by atoms with Gasteiger partial charge >= 0.3 is 6.03 Å². The lowest BCUT2D eigenvalue weighted by molar-refractivity contribution is -0.137. The number of urea groups is 1. The quantitative estimate of drug-likeness (QED) is 0.269. The van der Waals surface area contributed by atoms with Crippen molar-refractivity contribution in [2.45, 2.75) is 63.7 Å². The van der Waals surface area contributed by atoms with E-state index in [0.29, 0.717) is 32.6 Å². The van der Waals surface area contributed by atoms with Crippen molar-refractivity contribution < 1.29 is 19.2 Å². The number of nitrogens with one attached hydrogen (secondary N) is 4. The molecule has 3 aliphatic rings. The van der Waals surface area contributed by atoms with Crippen LogP contribution >= 0.6 is 11.3 Å². The summed E-state index contributed by atoms with van der Waals surface area (Å²) in [4.78, 5) is 55.2. The molecule has 190 valence electrons. The van der Waals surface area contributed by atoms with Crippen molar-refractivity contribution in [1.29, 1.82) is 0 Å². The van der Waals surface area contributed by atoms with Gasteiger partial charge in [-0.05, 0) is 57.8 Å². The van der Waals surface area contributed by atoms with E-state index < -0.39 is 17.7 Å². The van der Waals surface area contributed by atoms with E-state index in [0.717, 1.165) is 43.5 Å². The zero-order chi connectivity index (χ0) is 24.6. The van der Waals surface area contributed by atoms with E-state index in [1.807, 2.05) is 4.90 Å². The highest BCUT2D eigenvalue weighted by molar-refractivity contribution is 7.09. The summed E-state index contributed by atoms with van der Waals surface area (Å²) in [6.07, 6.45) is 10.8. The van der Waals surface area contributed by atoms with Gasteiger partial charge in [0.15, 0.2) is 0 Å². The van der Waals surface area contributed by atoms with Gasteiger partial charge in [-0.15, -0.1) is 11.3 Å². The molecule has 1 atom stereocenters. The van der Waals surface area contributed by atoms with Gasteiger partial charge in [0.2, 0.25) is 5.91 Å². The van der Waals surface area contributed by atoms with Crippen LogP contribution in [0.1, 0.15) is 79.2 Å². The average molecular weight is 503 g/mol. The molecule has 11 heteroatoms. The van der Waals surface area contributed by atoms with Crippen LogP contribution in [0.4, 0.5) is 4.79 Å². The molecule has 10 nitrogen and oxygen atoms in total. The third-order valence-corrected chi connectivity index (χ3v) is 7.90. The van der Waals surface area contributed by atoms with E-state index in [1.165, 1.54) is 29.8 Å². The Morgan fingerprint density at radius 2 is 1.94 bits per heavy atom. The SMILES string of the molecule is O=C(NNC(=O)[C@H]1CCCNC1=O)c1csc(C2CCN(C(=O)NCCC3=CCCCC3)CC2)n1. The summed E-state index contributed by atoms with van der Waals surface area (Å²) in [5, 5.41) is 8.22. The second-order valence-corrected chi connectivity index (χ2v) is 10.2. The number of hydrazine groups is 1. The maximum atomic E-state index is 12.5. The number of hydrogen-bond acceptors (Lipinski definition) is 6. The zero-order valence-electron chi connectivity index (χ0n) is 19.9. The summed E-state index contributed by atoms with van der Waals surface area (Å²) in [7, 11) is 0. The molecule has 2 aliphatic heterocycles.